The summed E-state index contributed by atoms with van der Waals surface area (Å²) < 4.78 is 5.80. The van der Waals surface area contributed by atoms with Gasteiger partial charge in [-0.25, -0.2) is 0 Å². The summed E-state index contributed by atoms with van der Waals surface area (Å²) in [6.07, 6.45) is 0. The molecule has 3 rings (SSSR count). The fraction of sp³-hybridized carbons (Fsp3) is 0.0625. The Bertz CT molecular complexity index is 801. The predicted octanol–water partition coefficient (Wildman–Crippen LogP) is 3.47. The van der Waals surface area contributed by atoms with E-state index in [1.165, 1.54) is 12.1 Å². The lowest BCUT2D eigenvalue weighted by Gasteiger charge is -2.07. The van der Waals surface area contributed by atoms with E-state index >= 15 is 0 Å². The number of phenols is 1. The quantitative estimate of drug-likeness (QED) is 0.721. The number of rotatable bonds is 1. The molecule has 0 aliphatic heterocycles. The molecule has 0 atom stereocenters. The van der Waals surface area contributed by atoms with Crippen molar-refractivity contribution in [3.8, 4) is 17.1 Å². The third-order valence-electron chi connectivity index (χ3n) is 3.14. The molecule has 19 heavy (non-hydrogen) atoms. The molecule has 1 N–H and O–H groups in total. The van der Waals surface area contributed by atoms with Gasteiger partial charge in [0.25, 0.3) is 0 Å². The first kappa shape index (κ1) is 11.5. The van der Waals surface area contributed by atoms with Crippen molar-refractivity contribution >= 4 is 11.0 Å². The summed E-state index contributed by atoms with van der Waals surface area (Å²) in [4.78, 5) is 12.3. The Balaban J connectivity index is 2.37. The lowest BCUT2D eigenvalue weighted by atomic mass is 10.1. The number of aromatic hydroxyl groups is 1. The minimum atomic E-state index is -0.115. The SMILES string of the molecule is Cc1c(-c2ccccc2)oc2ccc(O)cc2c1=O. The standard InChI is InChI=1S/C16H12O3/c1-10-15(18)13-9-12(17)7-8-14(13)19-16(10)11-5-3-2-4-6-11/h2-9,17H,1H3. The molecule has 0 saturated carbocycles. The van der Waals surface area contributed by atoms with Crippen LogP contribution >= 0.6 is 0 Å². The van der Waals surface area contributed by atoms with Gasteiger partial charge in [-0.1, -0.05) is 30.3 Å². The Morgan fingerprint density at radius 3 is 2.53 bits per heavy atom. The van der Waals surface area contributed by atoms with Gasteiger partial charge in [0.1, 0.15) is 17.1 Å². The van der Waals surface area contributed by atoms with Crippen molar-refractivity contribution in [1.82, 2.24) is 0 Å². The maximum atomic E-state index is 12.3. The topological polar surface area (TPSA) is 50.4 Å². The van der Waals surface area contributed by atoms with Crippen LogP contribution in [-0.2, 0) is 0 Å². The van der Waals surface area contributed by atoms with E-state index in [-0.39, 0.29) is 11.2 Å². The van der Waals surface area contributed by atoms with E-state index < -0.39 is 0 Å². The van der Waals surface area contributed by atoms with Gasteiger partial charge in [-0.15, -0.1) is 0 Å². The zero-order chi connectivity index (χ0) is 13.4. The Morgan fingerprint density at radius 1 is 1.05 bits per heavy atom. The maximum absolute atomic E-state index is 12.3. The lowest BCUT2D eigenvalue weighted by molar-refractivity contribution is 0.475. The smallest absolute Gasteiger partial charge is 0.196 e. The molecule has 0 unspecified atom stereocenters. The van der Waals surface area contributed by atoms with Crippen LogP contribution in [0.25, 0.3) is 22.3 Å². The van der Waals surface area contributed by atoms with Crippen LogP contribution in [0.2, 0.25) is 0 Å². The second kappa shape index (κ2) is 4.28. The van der Waals surface area contributed by atoms with E-state index in [1.54, 1.807) is 13.0 Å². The number of phenolic OH excluding ortho intramolecular Hbond substituents is 1. The highest BCUT2D eigenvalue weighted by molar-refractivity contribution is 5.81. The molecule has 2 aromatic carbocycles. The zero-order valence-electron chi connectivity index (χ0n) is 10.4. The summed E-state index contributed by atoms with van der Waals surface area (Å²) in [5.74, 6) is 0.635. The van der Waals surface area contributed by atoms with Gasteiger partial charge in [-0.05, 0) is 25.1 Å². The van der Waals surface area contributed by atoms with Crippen molar-refractivity contribution in [3.05, 3.63) is 64.3 Å². The monoisotopic (exact) mass is 252 g/mol. The summed E-state index contributed by atoms with van der Waals surface area (Å²) >= 11 is 0. The van der Waals surface area contributed by atoms with Crippen molar-refractivity contribution < 1.29 is 9.52 Å². The van der Waals surface area contributed by atoms with E-state index in [0.717, 1.165) is 5.56 Å². The molecule has 0 amide bonds. The molecule has 1 heterocycles. The molecule has 1 aromatic heterocycles. The number of fused-ring (bicyclic) bond motifs is 1. The summed E-state index contributed by atoms with van der Waals surface area (Å²) in [6, 6.07) is 14.1. The van der Waals surface area contributed by atoms with Crippen LogP contribution in [0.1, 0.15) is 5.56 Å². The summed E-state index contributed by atoms with van der Waals surface area (Å²) in [6.45, 7) is 1.73. The highest BCUT2D eigenvalue weighted by atomic mass is 16.3. The molecule has 0 saturated heterocycles. The van der Waals surface area contributed by atoms with Gasteiger partial charge in [-0.2, -0.15) is 0 Å². The van der Waals surface area contributed by atoms with E-state index in [9.17, 15) is 9.90 Å². The van der Waals surface area contributed by atoms with Crippen molar-refractivity contribution in [2.45, 2.75) is 6.92 Å². The van der Waals surface area contributed by atoms with Crippen molar-refractivity contribution in [3.63, 3.8) is 0 Å². The lowest BCUT2D eigenvalue weighted by Crippen LogP contribution is -2.07. The van der Waals surface area contributed by atoms with Crippen molar-refractivity contribution in [2.75, 3.05) is 0 Å². The third kappa shape index (κ3) is 1.89. The predicted molar refractivity (Wildman–Crippen MR) is 74.3 cm³/mol. The van der Waals surface area contributed by atoms with E-state index in [2.05, 4.69) is 0 Å². The average Bonchev–Trinajstić information content (AvgIpc) is 2.44. The molecule has 94 valence electrons. The van der Waals surface area contributed by atoms with Gasteiger partial charge in [0.2, 0.25) is 0 Å². The van der Waals surface area contributed by atoms with Crippen molar-refractivity contribution in [1.29, 1.82) is 0 Å². The molecule has 3 heteroatoms. The maximum Gasteiger partial charge on any atom is 0.196 e. The molecular formula is C16H12O3. The Kier molecular flexibility index (Phi) is 2.60. The van der Waals surface area contributed by atoms with Crippen LogP contribution in [0.3, 0.4) is 0 Å². The fourth-order valence-corrected chi connectivity index (χ4v) is 2.14. The van der Waals surface area contributed by atoms with E-state index in [4.69, 9.17) is 4.42 Å². The molecule has 0 fully saturated rings. The number of hydrogen-bond donors (Lipinski definition) is 1. The number of hydrogen-bond acceptors (Lipinski definition) is 3. The molecular weight excluding hydrogens is 240 g/mol. The van der Waals surface area contributed by atoms with Gasteiger partial charge >= 0.3 is 0 Å². The normalized spacial score (nSPS) is 10.8. The molecule has 3 nitrogen and oxygen atoms in total. The van der Waals surface area contributed by atoms with Crippen LogP contribution in [0.5, 0.6) is 5.75 Å². The Morgan fingerprint density at radius 2 is 1.79 bits per heavy atom. The van der Waals surface area contributed by atoms with Crippen LogP contribution in [0.15, 0.2) is 57.7 Å². The van der Waals surface area contributed by atoms with E-state index in [1.807, 2.05) is 30.3 Å². The van der Waals surface area contributed by atoms with Gasteiger partial charge < -0.3 is 9.52 Å². The number of benzene rings is 2. The summed E-state index contributed by atoms with van der Waals surface area (Å²) in [7, 11) is 0. The van der Waals surface area contributed by atoms with Crippen LogP contribution in [0.4, 0.5) is 0 Å². The Hall–Kier alpha value is -2.55. The van der Waals surface area contributed by atoms with Gasteiger partial charge in [0.05, 0.1) is 5.39 Å². The van der Waals surface area contributed by atoms with Crippen molar-refractivity contribution in [2.24, 2.45) is 0 Å². The van der Waals surface area contributed by atoms with Gasteiger partial charge in [-0.3, -0.25) is 4.79 Å². The van der Waals surface area contributed by atoms with Gasteiger partial charge in [0, 0.05) is 11.1 Å². The van der Waals surface area contributed by atoms with Gasteiger partial charge in [0.15, 0.2) is 5.43 Å². The first-order chi connectivity index (χ1) is 9.16. The fourth-order valence-electron chi connectivity index (χ4n) is 2.14. The molecule has 3 aromatic rings. The molecule has 0 spiro atoms. The van der Waals surface area contributed by atoms with Crippen LogP contribution < -0.4 is 5.43 Å². The average molecular weight is 252 g/mol. The molecule has 0 bridgehead atoms. The van der Waals surface area contributed by atoms with Crippen LogP contribution in [-0.4, -0.2) is 5.11 Å². The molecule has 0 aliphatic rings. The largest absolute Gasteiger partial charge is 0.508 e. The zero-order valence-corrected chi connectivity index (χ0v) is 10.4. The molecule has 0 aliphatic carbocycles. The minimum Gasteiger partial charge on any atom is -0.508 e. The second-order valence-electron chi connectivity index (χ2n) is 4.43. The van der Waals surface area contributed by atoms with E-state index in [0.29, 0.717) is 22.3 Å². The summed E-state index contributed by atoms with van der Waals surface area (Å²) in [5, 5.41) is 9.85. The first-order valence-corrected chi connectivity index (χ1v) is 5.98. The highest BCUT2D eigenvalue weighted by Crippen LogP contribution is 2.26. The second-order valence-corrected chi connectivity index (χ2v) is 4.43. The third-order valence-corrected chi connectivity index (χ3v) is 3.14. The minimum absolute atomic E-state index is 0.0617. The highest BCUT2D eigenvalue weighted by Gasteiger charge is 2.12. The first-order valence-electron chi connectivity index (χ1n) is 5.98. The Labute approximate surface area is 109 Å². The molecule has 0 radical (unpaired) electrons. The summed E-state index contributed by atoms with van der Waals surface area (Å²) in [5.41, 5.74) is 1.78. The van der Waals surface area contributed by atoms with Crippen LogP contribution in [0, 0.1) is 6.92 Å².